The van der Waals surface area contributed by atoms with Crippen LogP contribution in [0.5, 0.6) is 0 Å². The molecule has 1 fully saturated rings. The van der Waals surface area contributed by atoms with Crippen LogP contribution in [0.15, 0.2) is 54.6 Å². The van der Waals surface area contributed by atoms with Crippen molar-refractivity contribution in [2.24, 2.45) is 0 Å². The van der Waals surface area contributed by atoms with E-state index in [1.54, 1.807) is 25.1 Å². The summed E-state index contributed by atoms with van der Waals surface area (Å²) >= 11 is 0. The quantitative estimate of drug-likeness (QED) is 0.450. The molecule has 1 aliphatic rings. The van der Waals surface area contributed by atoms with Crippen molar-refractivity contribution in [3.8, 4) is 11.1 Å². The van der Waals surface area contributed by atoms with Gasteiger partial charge in [0.1, 0.15) is 5.82 Å². The normalized spacial score (nSPS) is 15.6. The molecule has 0 radical (unpaired) electrons. The summed E-state index contributed by atoms with van der Waals surface area (Å²) in [6, 6.07) is 14.3. The van der Waals surface area contributed by atoms with Gasteiger partial charge in [-0.3, -0.25) is 9.78 Å². The zero-order valence-corrected chi connectivity index (χ0v) is 18.6. The molecule has 1 saturated carbocycles. The lowest BCUT2D eigenvalue weighted by Gasteiger charge is -2.16. The SMILES string of the molecule is CCOC(=O)C[C@@H](O)C[C@@H](O)C=Cc1c(C2CC2)nc2ccccc2c1-c1ccc(F)cc1. The summed E-state index contributed by atoms with van der Waals surface area (Å²) in [7, 11) is 0. The lowest BCUT2D eigenvalue weighted by molar-refractivity contribution is -0.145. The van der Waals surface area contributed by atoms with Crippen LogP contribution in [0.1, 0.15) is 49.8 Å². The number of ether oxygens (including phenoxy) is 1. The number of hydrogen-bond acceptors (Lipinski definition) is 5. The predicted octanol–water partition coefficient (Wildman–Crippen LogP) is 5.00. The second-order valence-corrected chi connectivity index (χ2v) is 8.41. The van der Waals surface area contributed by atoms with Gasteiger partial charge in [0.25, 0.3) is 0 Å². The van der Waals surface area contributed by atoms with E-state index in [0.717, 1.165) is 46.1 Å². The Hall–Kier alpha value is -3.09. The number of halogens is 1. The van der Waals surface area contributed by atoms with E-state index in [4.69, 9.17) is 9.72 Å². The molecule has 0 bridgehead atoms. The van der Waals surface area contributed by atoms with Gasteiger partial charge in [0.05, 0.1) is 36.4 Å². The molecule has 0 amide bonds. The van der Waals surface area contributed by atoms with Gasteiger partial charge in [-0.25, -0.2) is 4.39 Å². The third kappa shape index (κ3) is 5.64. The topological polar surface area (TPSA) is 79.7 Å². The molecular weight excluding hydrogens is 421 g/mol. The van der Waals surface area contributed by atoms with Gasteiger partial charge in [-0.15, -0.1) is 0 Å². The number of esters is 1. The highest BCUT2D eigenvalue weighted by atomic mass is 19.1. The maximum Gasteiger partial charge on any atom is 0.308 e. The van der Waals surface area contributed by atoms with Gasteiger partial charge < -0.3 is 14.9 Å². The van der Waals surface area contributed by atoms with Crippen LogP contribution >= 0.6 is 0 Å². The summed E-state index contributed by atoms with van der Waals surface area (Å²) < 4.78 is 18.5. The van der Waals surface area contributed by atoms with Crippen molar-refractivity contribution in [2.75, 3.05) is 6.61 Å². The van der Waals surface area contributed by atoms with Crippen molar-refractivity contribution in [3.05, 3.63) is 71.7 Å². The fraction of sp³-hybridized carbons (Fsp3) is 0.333. The number of aliphatic hydroxyl groups excluding tert-OH is 2. The summed E-state index contributed by atoms with van der Waals surface area (Å²) in [6.07, 6.45) is 3.47. The number of pyridine rings is 1. The first kappa shape index (κ1) is 23.1. The Morgan fingerprint density at radius 3 is 2.61 bits per heavy atom. The van der Waals surface area contributed by atoms with E-state index in [9.17, 15) is 19.4 Å². The van der Waals surface area contributed by atoms with Crippen LogP contribution in [0.2, 0.25) is 0 Å². The highest BCUT2D eigenvalue weighted by molar-refractivity contribution is 5.99. The van der Waals surface area contributed by atoms with Crippen LogP contribution in [0.25, 0.3) is 28.1 Å². The zero-order valence-electron chi connectivity index (χ0n) is 18.6. The van der Waals surface area contributed by atoms with Crippen molar-refractivity contribution < 1.29 is 24.1 Å². The number of aromatic nitrogens is 1. The molecular formula is C27H28FNO4. The first-order valence-corrected chi connectivity index (χ1v) is 11.3. The Labute approximate surface area is 192 Å². The Kier molecular flexibility index (Phi) is 7.16. The van der Waals surface area contributed by atoms with E-state index in [2.05, 4.69) is 0 Å². The van der Waals surface area contributed by atoms with E-state index in [0.29, 0.717) is 5.92 Å². The molecule has 172 valence electrons. The predicted molar refractivity (Wildman–Crippen MR) is 126 cm³/mol. The highest BCUT2D eigenvalue weighted by Gasteiger charge is 2.29. The van der Waals surface area contributed by atoms with Crippen molar-refractivity contribution in [3.63, 3.8) is 0 Å². The summed E-state index contributed by atoms with van der Waals surface area (Å²) in [5.41, 5.74) is 4.54. The van der Waals surface area contributed by atoms with Gasteiger partial charge in [-0.2, -0.15) is 0 Å². The van der Waals surface area contributed by atoms with E-state index in [1.807, 2.05) is 30.3 Å². The van der Waals surface area contributed by atoms with Crippen LogP contribution in [0.3, 0.4) is 0 Å². The number of hydrogen-bond donors (Lipinski definition) is 2. The van der Waals surface area contributed by atoms with Crippen molar-refractivity contribution in [1.82, 2.24) is 4.98 Å². The maximum absolute atomic E-state index is 13.6. The fourth-order valence-corrected chi connectivity index (χ4v) is 4.07. The number of carbonyl (C=O) groups excluding carboxylic acids is 1. The second-order valence-electron chi connectivity index (χ2n) is 8.41. The number of para-hydroxylation sites is 1. The fourth-order valence-electron chi connectivity index (χ4n) is 4.07. The molecule has 0 aliphatic heterocycles. The molecule has 2 N–H and O–H groups in total. The number of benzene rings is 2. The average molecular weight is 450 g/mol. The summed E-state index contributed by atoms with van der Waals surface area (Å²) in [5.74, 6) is -0.447. The molecule has 0 spiro atoms. The molecule has 1 aromatic heterocycles. The Bertz CT molecular complexity index is 1150. The minimum absolute atomic E-state index is 0.0148. The molecule has 2 atom stereocenters. The summed E-state index contributed by atoms with van der Waals surface area (Å²) in [5, 5.41) is 21.6. The van der Waals surface area contributed by atoms with Gasteiger partial charge in [-0.05, 0) is 43.5 Å². The number of carbonyl (C=O) groups is 1. The van der Waals surface area contributed by atoms with Crippen molar-refractivity contribution in [1.29, 1.82) is 0 Å². The number of rotatable bonds is 9. The van der Waals surface area contributed by atoms with Gasteiger partial charge in [-0.1, -0.05) is 42.5 Å². The first-order valence-electron chi connectivity index (χ1n) is 11.3. The summed E-state index contributed by atoms with van der Waals surface area (Å²) in [4.78, 5) is 16.5. The van der Waals surface area contributed by atoms with E-state index in [1.165, 1.54) is 12.1 Å². The largest absolute Gasteiger partial charge is 0.466 e. The molecule has 1 aliphatic carbocycles. The van der Waals surface area contributed by atoms with Gasteiger partial charge in [0, 0.05) is 28.9 Å². The van der Waals surface area contributed by atoms with Gasteiger partial charge in [0.15, 0.2) is 0 Å². The van der Waals surface area contributed by atoms with Crippen molar-refractivity contribution >= 4 is 22.9 Å². The molecule has 5 nitrogen and oxygen atoms in total. The van der Waals surface area contributed by atoms with Crippen LogP contribution in [-0.4, -0.2) is 40.0 Å². The minimum Gasteiger partial charge on any atom is -0.466 e. The molecule has 4 rings (SSSR count). The Balaban J connectivity index is 1.70. The Morgan fingerprint density at radius 1 is 1.18 bits per heavy atom. The smallest absolute Gasteiger partial charge is 0.308 e. The molecule has 6 heteroatoms. The average Bonchev–Trinajstić information content (AvgIpc) is 3.63. The van der Waals surface area contributed by atoms with E-state index in [-0.39, 0.29) is 25.3 Å². The number of nitrogens with zero attached hydrogens (tertiary/aromatic N) is 1. The first-order chi connectivity index (χ1) is 16.0. The van der Waals surface area contributed by atoms with E-state index >= 15 is 0 Å². The number of fused-ring (bicyclic) bond motifs is 1. The second kappa shape index (κ2) is 10.2. The van der Waals surface area contributed by atoms with Crippen LogP contribution in [-0.2, 0) is 9.53 Å². The minimum atomic E-state index is -1.00. The molecule has 3 aromatic rings. The lowest BCUT2D eigenvalue weighted by atomic mass is 9.92. The molecule has 0 unspecified atom stereocenters. The lowest BCUT2D eigenvalue weighted by Crippen LogP contribution is -2.20. The third-order valence-electron chi connectivity index (χ3n) is 5.76. The van der Waals surface area contributed by atoms with Crippen LogP contribution in [0.4, 0.5) is 4.39 Å². The highest BCUT2D eigenvalue weighted by Crippen LogP contribution is 2.45. The standard InChI is InChI=1S/C27H28FNO4/c1-2-33-25(32)16-21(31)15-20(30)13-14-23-26(17-9-11-19(28)12-10-17)22-5-3-4-6-24(22)29-27(23)18-7-8-18/h3-6,9-14,18,20-21,30-31H,2,7-8,15-16H2,1H3/t20-,21-/m0/s1. The number of aliphatic hydroxyl groups is 2. The van der Waals surface area contributed by atoms with Crippen molar-refractivity contribution in [2.45, 2.75) is 50.7 Å². The van der Waals surface area contributed by atoms with Crippen LogP contribution < -0.4 is 0 Å². The molecule has 1 heterocycles. The van der Waals surface area contributed by atoms with Gasteiger partial charge in [0.2, 0.25) is 0 Å². The monoisotopic (exact) mass is 449 g/mol. The van der Waals surface area contributed by atoms with Crippen LogP contribution in [0, 0.1) is 5.82 Å². The Morgan fingerprint density at radius 2 is 1.91 bits per heavy atom. The van der Waals surface area contributed by atoms with Gasteiger partial charge >= 0.3 is 5.97 Å². The summed E-state index contributed by atoms with van der Waals surface area (Å²) in [6.45, 7) is 1.95. The molecule has 33 heavy (non-hydrogen) atoms. The third-order valence-corrected chi connectivity index (χ3v) is 5.76. The molecule has 0 saturated heterocycles. The van der Waals surface area contributed by atoms with E-state index < -0.39 is 18.2 Å². The molecule has 2 aromatic carbocycles. The zero-order chi connectivity index (χ0) is 23.4. The maximum atomic E-state index is 13.6.